The van der Waals surface area contributed by atoms with E-state index in [-0.39, 0.29) is 16.6 Å². The van der Waals surface area contributed by atoms with Crippen LogP contribution in [-0.4, -0.2) is 20.1 Å². The standard InChI is InChI=1S/C34H43N3O/c1-32(2,3)24-33(4,5)27-21-29(34(6,7)26-18-12-9-13-19-26)31(38)30(22-27)37-35-23-28(36-37)20-14-17-25-15-10-8-11-16-25/h8-13,15-16,18-19,21-23,38H,14,17,20,24H2,1-7H3. The van der Waals surface area contributed by atoms with Gasteiger partial charge in [-0.1, -0.05) is 115 Å². The SMILES string of the molecule is CC(C)(C)CC(C)(C)c1cc(-n2ncc(CCCc3ccccc3)n2)c(O)c(C(C)(C)c2ccccc2)c1. The number of aromatic hydroxyl groups is 1. The molecule has 1 N–H and O–H groups in total. The Balaban J connectivity index is 1.73. The average Bonchev–Trinajstić information content (AvgIpc) is 3.32. The lowest BCUT2D eigenvalue weighted by molar-refractivity contribution is 0.283. The number of phenols is 1. The Labute approximate surface area is 228 Å². The number of benzene rings is 3. The third-order valence-electron chi connectivity index (χ3n) is 7.51. The summed E-state index contributed by atoms with van der Waals surface area (Å²) in [5, 5.41) is 21.1. The molecule has 1 heterocycles. The minimum Gasteiger partial charge on any atom is -0.505 e. The summed E-state index contributed by atoms with van der Waals surface area (Å²) < 4.78 is 0. The Kier molecular flexibility index (Phi) is 7.83. The van der Waals surface area contributed by atoms with E-state index >= 15 is 0 Å². The fourth-order valence-corrected chi connectivity index (χ4v) is 5.72. The predicted octanol–water partition coefficient (Wildman–Crippen LogP) is 8.19. The largest absolute Gasteiger partial charge is 0.505 e. The predicted molar refractivity (Wildman–Crippen MR) is 157 cm³/mol. The lowest BCUT2D eigenvalue weighted by Gasteiger charge is -2.35. The molecule has 200 valence electrons. The van der Waals surface area contributed by atoms with Crippen molar-refractivity contribution in [2.75, 3.05) is 0 Å². The topological polar surface area (TPSA) is 50.9 Å². The number of phenolic OH excluding ortho intramolecular Hbond substituents is 1. The van der Waals surface area contributed by atoms with Crippen LogP contribution in [0.3, 0.4) is 0 Å². The average molecular weight is 510 g/mol. The van der Waals surface area contributed by atoms with Crippen molar-refractivity contribution in [3.8, 4) is 11.4 Å². The van der Waals surface area contributed by atoms with E-state index in [1.54, 1.807) is 4.80 Å². The van der Waals surface area contributed by atoms with Crippen LogP contribution >= 0.6 is 0 Å². The van der Waals surface area contributed by atoms with Crippen LogP contribution in [0.25, 0.3) is 5.69 Å². The molecule has 3 aromatic carbocycles. The Hall–Kier alpha value is -3.40. The van der Waals surface area contributed by atoms with Crippen LogP contribution in [0.5, 0.6) is 5.75 Å². The Morgan fingerprint density at radius 3 is 2.03 bits per heavy atom. The summed E-state index contributed by atoms with van der Waals surface area (Å²) in [5.74, 6) is 0.237. The van der Waals surface area contributed by atoms with Crippen LogP contribution < -0.4 is 0 Å². The maximum absolute atomic E-state index is 11.7. The minimum atomic E-state index is -0.403. The highest BCUT2D eigenvalue weighted by atomic mass is 16.3. The highest BCUT2D eigenvalue weighted by Crippen LogP contribution is 2.44. The maximum Gasteiger partial charge on any atom is 0.147 e. The van der Waals surface area contributed by atoms with E-state index in [4.69, 9.17) is 5.10 Å². The molecule has 0 aliphatic rings. The van der Waals surface area contributed by atoms with Gasteiger partial charge in [-0.15, -0.1) is 4.80 Å². The van der Waals surface area contributed by atoms with Gasteiger partial charge in [0.25, 0.3) is 0 Å². The zero-order valence-electron chi connectivity index (χ0n) is 24.1. The third kappa shape index (κ3) is 6.35. The van der Waals surface area contributed by atoms with Crippen LogP contribution in [0.1, 0.15) is 89.3 Å². The van der Waals surface area contributed by atoms with Crippen molar-refractivity contribution in [2.24, 2.45) is 5.41 Å². The molecule has 0 bridgehead atoms. The molecule has 0 aliphatic heterocycles. The van der Waals surface area contributed by atoms with Gasteiger partial charge in [0.2, 0.25) is 0 Å². The van der Waals surface area contributed by atoms with Crippen molar-refractivity contribution in [2.45, 2.75) is 85.0 Å². The van der Waals surface area contributed by atoms with E-state index in [1.165, 1.54) is 11.1 Å². The summed E-state index contributed by atoms with van der Waals surface area (Å²) >= 11 is 0. The van der Waals surface area contributed by atoms with E-state index in [2.05, 4.69) is 114 Å². The zero-order chi connectivity index (χ0) is 27.6. The monoisotopic (exact) mass is 509 g/mol. The molecule has 4 rings (SSSR count). The van der Waals surface area contributed by atoms with Crippen LogP contribution in [0, 0.1) is 5.41 Å². The second-order valence-corrected chi connectivity index (χ2v) is 13.0. The van der Waals surface area contributed by atoms with Gasteiger partial charge in [-0.2, -0.15) is 10.2 Å². The Morgan fingerprint density at radius 1 is 0.763 bits per heavy atom. The fourth-order valence-electron chi connectivity index (χ4n) is 5.72. The molecule has 0 radical (unpaired) electrons. The zero-order valence-corrected chi connectivity index (χ0v) is 24.1. The molecule has 0 saturated heterocycles. The summed E-state index contributed by atoms with van der Waals surface area (Å²) in [6.45, 7) is 15.8. The van der Waals surface area contributed by atoms with E-state index in [0.717, 1.165) is 42.5 Å². The molecule has 38 heavy (non-hydrogen) atoms. The first-order chi connectivity index (χ1) is 17.9. The van der Waals surface area contributed by atoms with Gasteiger partial charge in [0.15, 0.2) is 0 Å². The summed E-state index contributed by atoms with van der Waals surface area (Å²) in [6, 6.07) is 25.2. The summed E-state index contributed by atoms with van der Waals surface area (Å²) in [5.41, 5.74) is 5.78. The second-order valence-electron chi connectivity index (χ2n) is 13.0. The van der Waals surface area contributed by atoms with Gasteiger partial charge in [-0.25, -0.2) is 0 Å². The van der Waals surface area contributed by atoms with E-state index in [0.29, 0.717) is 5.69 Å². The number of rotatable bonds is 9. The van der Waals surface area contributed by atoms with Crippen molar-refractivity contribution in [3.05, 3.63) is 107 Å². The molecule has 0 unspecified atom stereocenters. The first-order valence-corrected chi connectivity index (χ1v) is 13.8. The summed E-state index contributed by atoms with van der Waals surface area (Å²) in [6.07, 6.45) is 5.68. The van der Waals surface area contributed by atoms with Gasteiger partial charge in [-0.05, 0) is 59.3 Å². The molecule has 4 aromatic rings. The van der Waals surface area contributed by atoms with Crippen LogP contribution in [0.15, 0.2) is 79.0 Å². The van der Waals surface area contributed by atoms with Gasteiger partial charge in [0.1, 0.15) is 11.4 Å². The quantitative estimate of drug-likeness (QED) is 0.247. The van der Waals surface area contributed by atoms with Crippen molar-refractivity contribution < 1.29 is 5.11 Å². The molecule has 4 nitrogen and oxygen atoms in total. The molecule has 0 amide bonds. The molecular formula is C34H43N3O. The van der Waals surface area contributed by atoms with Gasteiger partial charge in [0.05, 0.1) is 11.9 Å². The van der Waals surface area contributed by atoms with Crippen LogP contribution in [0.2, 0.25) is 0 Å². The van der Waals surface area contributed by atoms with Crippen LogP contribution in [-0.2, 0) is 23.7 Å². The molecule has 0 saturated carbocycles. The van der Waals surface area contributed by atoms with Gasteiger partial charge >= 0.3 is 0 Å². The molecule has 0 atom stereocenters. The third-order valence-corrected chi connectivity index (χ3v) is 7.51. The smallest absolute Gasteiger partial charge is 0.147 e. The molecule has 4 heteroatoms. The van der Waals surface area contributed by atoms with Crippen molar-refractivity contribution in [1.29, 1.82) is 0 Å². The molecule has 0 spiro atoms. The molecular weight excluding hydrogens is 466 g/mol. The number of hydrogen-bond donors (Lipinski definition) is 1. The molecule has 0 aliphatic carbocycles. The first-order valence-electron chi connectivity index (χ1n) is 13.8. The molecule has 0 fully saturated rings. The Bertz CT molecular complexity index is 1350. The maximum atomic E-state index is 11.7. The summed E-state index contributed by atoms with van der Waals surface area (Å²) in [7, 11) is 0. The number of aromatic nitrogens is 3. The van der Waals surface area contributed by atoms with Crippen molar-refractivity contribution in [1.82, 2.24) is 15.0 Å². The first kappa shape index (κ1) is 27.6. The van der Waals surface area contributed by atoms with Gasteiger partial charge in [0, 0.05) is 11.0 Å². The lowest BCUT2D eigenvalue weighted by Crippen LogP contribution is -2.27. The van der Waals surface area contributed by atoms with E-state index in [1.807, 2.05) is 18.3 Å². The number of hydrogen-bond acceptors (Lipinski definition) is 3. The second kappa shape index (κ2) is 10.8. The highest BCUT2D eigenvalue weighted by Gasteiger charge is 2.33. The highest BCUT2D eigenvalue weighted by molar-refractivity contribution is 5.58. The van der Waals surface area contributed by atoms with E-state index in [9.17, 15) is 5.11 Å². The Morgan fingerprint density at radius 2 is 1.39 bits per heavy atom. The summed E-state index contributed by atoms with van der Waals surface area (Å²) in [4.78, 5) is 1.62. The normalized spacial score (nSPS) is 12.6. The van der Waals surface area contributed by atoms with Crippen LogP contribution in [0.4, 0.5) is 0 Å². The number of nitrogens with zero attached hydrogens (tertiary/aromatic N) is 3. The fraction of sp³-hybridized carbons (Fsp3) is 0.412. The van der Waals surface area contributed by atoms with Gasteiger partial charge in [-0.3, -0.25) is 0 Å². The van der Waals surface area contributed by atoms with Crippen molar-refractivity contribution >= 4 is 0 Å². The minimum absolute atomic E-state index is 0.103. The molecule has 1 aromatic heterocycles. The van der Waals surface area contributed by atoms with Crippen molar-refractivity contribution in [3.63, 3.8) is 0 Å². The van der Waals surface area contributed by atoms with E-state index < -0.39 is 5.41 Å². The number of aryl methyl sites for hydroxylation is 2. The lowest BCUT2D eigenvalue weighted by atomic mass is 9.70. The van der Waals surface area contributed by atoms with Gasteiger partial charge < -0.3 is 5.11 Å².